The van der Waals surface area contributed by atoms with Crippen LogP contribution in [-0.4, -0.2) is 16.7 Å². The van der Waals surface area contributed by atoms with Crippen molar-refractivity contribution in [3.8, 4) is 11.8 Å². The molecule has 1 aliphatic carbocycles. The molecule has 0 N–H and O–H groups in total. The molecule has 1 nitrogen and oxygen atoms in total. The Hall–Kier alpha value is -0.810. The maximum atomic E-state index is 4.72. The second-order valence-corrected chi connectivity index (χ2v) is 5.03. The van der Waals surface area contributed by atoms with E-state index in [0.29, 0.717) is 5.92 Å². The minimum absolute atomic E-state index is 0.139. The fourth-order valence-electron chi connectivity index (χ4n) is 2.20. The van der Waals surface area contributed by atoms with E-state index in [2.05, 4.69) is 43.4 Å². The van der Waals surface area contributed by atoms with Crippen LogP contribution in [0.5, 0.6) is 0 Å². The minimum Gasteiger partial charge on any atom is -0.351 e. The Morgan fingerprint density at radius 1 is 1.64 bits per heavy atom. The molecule has 2 rings (SSSR count). The van der Waals surface area contributed by atoms with Gasteiger partial charge in [0.1, 0.15) is 0 Å². The Balaban J connectivity index is 2.46. The number of hydrogen-bond acceptors (Lipinski definition) is 2. The van der Waals surface area contributed by atoms with Crippen molar-refractivity contribution < 1.29 is 0 Å². The summed E-state index contributed by atoms with van der Waals surface area (Å²) >= 11 is 4.72. The summed E-state index contributed by atoms with van der Waals surface area (Å²) in [6.07, 6.45) is 3.96. The molecule has 0 bridgehead atoms. The minimum atomic E-state index is -0.139. The third kappa shape index (κ3) is 1.19. The van der Waals surface area contributed by atoms with Crippen molar-refractivity contribution >= 4 is 12.6 Å². The van der Waals surface area contributed by atoms with Crippen molar-refractivity contribution in [1.82, 2.24) is 4.90 Å². The van der Waals surface area contributed by atoms with Crippen LogP contribution in [0.25, 0.3) is 0 Å². The van der Waals surface area contributed by atoms with Gasteiger partial charge in [0, 0.05) is 37.2 Å². The summed E-state index contributed by atoms with van der Waals surface area (Å²) in [5.41, 5.74) is 2.41. The number of fused-ring (bicyclic) bond motifs is 1. The summed E-state index contributed by atoms with van der Waals surface area (Å²) in [5, 5.41) is 0. The van der Waals surface area contributed by atoms with E-state index in [1.807, 2.05) is 0 Å². The predicted molar refractivity (Wildman–Crippen MR) is 62.9 cm³/mol. The first-order valence-corrected chi connectivity index (χ1v) is 5.31. The third-order valence-electron chi connectivity index (χ3n) is 3.26. The molecule has 74 valence electrons. The fraction of sp³-hybridized carbons (Fsp3) is 0.500. The van der Waals surface area contributed by atoms with Crippen molar-refractivity contribution in [3.63, 3.8) is 0 Å². The van der Waals surface area contributed by atoms with Gasteiger partial charge < -0.3 is 4.90 Å². The van der Waals surface area contributed by atoms with Gasteiger partial charge in [-0.15, -0.1) is 5.92 Å². The van der Waals surface area contributed by atoms with Crippen LogP contribution in [0, 0.1) is 17.8 Å². The van der Waals surface area contributed by atoms with Crippen molar-refractivity contribution in [2.24, 2.45) is 5.92 Å². The molecular weight excluding hydrogens is 190 g/mol. The highest BCUT2D eigenvalue weighted by Crippen LogP contribution is 2.48. The molecule has 1 saturated heterocycles. The van der Waals surface area contributed by atoms with Crippen molar-refractivity contribution in [2.75, 3.05) is 7.05 Å². The van der Waals surface area contributed by atoms with Gasteiger partial charge in [-0.3, -0.25) is 0 Å². The molecule has 0 radical (unpaired) electrons. The van der Waals surface area contributed by atoms with Crippen LogP contribution in [-0.2, 0) is 0 Å². The van der Waals surface area contributed by atoms with Crippen LogP contribution < -0.4 is 0 Å². The van der Waals surface area contributed by atoms with Crippen molar-refractivity contribution in [2.45, 2.75) is 24.5 Å². The summed E-state index contributed by atoms with van der Waals surface area (Å²) in [4.78, 5) is 2.16. The summed E-state index contributed by atoms with van der Waals surface area (Å²) in [6, 6.07) is 0. The van der Waals surface area contributed by atoms with Crippen LogP contribution in [0.2, 0.25) is 0 Å². The Kier molecular flexibility index (Phi) is 2.16. The van der Waals surface area contributed by atoms with Gasteiger partial charge in [0.25, 0.3) is 0 Å². The first-order valence-electron chi connectivity index (χ1n) is 4.86. The average molecular weight is 205 g/mol. The van der Waals surface area contributed by atoms with Gasteiger partial charge in [0.2, 0.25) is 0 Å². The molecule has 14 heavy (non-hydrogen) atoms. The molecule has 2 aliphatic rings. The maximum absolute atomic E-state index is 4.72. The van der Waals surface area contributed by atoms with E-state index in [4.69, 9.17) is 12.6 Å². The van der Waals surface area contributed by atoms with Gasteiger partial charge in [-0.1, -0.05) is 18.6 Å². The zero-order valence-corrected chi connectivity index (χ0v) is 9.56. The van der Waals surface area contributed by atoms with E-state index in [1.54, 1.807) is 0 Å². The normalized spacial score (nSPS) is 35.6. The van der Waals surface area contributed by atoms with Crippen molar-refractivity contribution in [3.05, 3.63) is 24.0 Å². The summed E-state index contributed by atoms with van der Waals surface area (Å²) in [5.74, 6) is 6.73. The highest BCUT2D eigenvalue weighted by Gasteiger charge is 2.45. The summed E-state index contributed by atoms with van der Waals surface area (Å²) < 4.78 is -0.139. The van der Waals surface area contributed by atoms with Crippen LogP contribution >= 0.6 is 12.6 Å². The summed E-state index contributed by atoms with van der Waals surface area (Å²) in [7, 11) is 2.06. The molecule has 1 heterocycles. The molecule has 2 atom stereocenters. The first kappa shape index (κ1) is 9.73. The fourth-order valence-corrected chi connectivity index (χ4v) is 2.58. The third-order valence-corrected chi connectivity index (χ3v) is 3.83. The molecule has 0 aromatic heterocycles. The number of nitrogens with zero attached hydrogens (tertiary/aromatic N) is 1. The molecule has 1 aliphatic heterocycles. The molecule has 0 amide bonds. The van der Waals surface area contributed by atoms with Gasteiger partial charge in [-0.25, -0.2) is 0 Å². The first-order chi connectivity index (χ1) is 6.55. The largest absolute Gasteiger partial charge is 0.351 e. The molecule has 0 saturated carbocycles. The molecule has 0 aromatic carbocycles. The Labute approximate surface area is 91.3 Å². The Bertz CT molecular complexity index is 368. The molecule has 1 fully saturated rings. The van der Waals surface area contributed by atoms with Gasteiger partial charge in [0.15, 0.2) is 0 Å². The van der Waals surface area contributed by atoms with Gasteiger partial charge in [-0.05, 0) is 6.92 Å². The highest BCUT2D eigenvalue weighted by molar-refractivity contribution is 7.82. The van der Waals surface area contributed by atoms with Gasteiger partial charge in [-0.2, -0.15) is 12.6 Å². The van der Waals surface area contributed by atoms with E-state index in [0.717, 1.165) is 18.5 Å². The van der Waals surface area contributed by atoms with E-state index in [-0.39, 0.29) is 4.75 Å². The summed E-state index contributed by atoms with van der Waals surface area (Å²) in [6.45, 7) is 6.24. The number of thiol groups is 1. The van der Waals surface area contributed by atoms with Crippen LogP contribution in [0.4, 0.5) is 0 Å². The Morgan fingerprint density at radius 3 is 3.07 bits per heavy atom. The zero-order chi connectivity index (χ0) is 10.3. The standard InChI is InChI=1S/C12H15NS/c1-9-12(2,14)10-7-5-4-6-8-11(10)13(9)3/h8,10,14H,1,6-7H2,2-3H3. The lowest BCUT2D eigenvalue weighted by atomic mass is 9.90. The molecule has 0 aromatic rings. The van der Waals surface area contributed by atoms with E-state index in [1.165, 1.54) is 5.70 Å². The molecule has 0 spiro atoms. The monoisotopic (exact) mass is 205 g/mol. The van der Waals surface area contributed by atoms with Crippen LogP contribution in [0.15, 0.2) is 24.0 Å². The Morgan fingerprint density at radius 2 is 2.36 bits per heavy atom. The molecule has 2 heteroatoms. The van der Waals surface area contributed by atoms with Gasteiger partial charge >= 0.3 is 0 Å². The van der Waals surface area contributed by atoms with E-state index < -0.39 is 0 Å². The van der Waals surface area contributed by atoms with Crippen molar-refractivity contribution in [1.29, 1.82) is 0 Å². The lowest BCUT2D eigenvalue weighted by molar-refractivity contribution is 0.532. The highest BCUT2D eigenvalue weighted by atomic mass is 32.1. The van der Waals surface area contributed by atoms with E-state index in [9.17, 15) is 0 Å². The van der Waals surface area contributed by atoms with Crippen LogP contribution in [0.1, 0.15) is 19.8 Å². The smallest absolute Gasteiger partial charge is 0.0587 e. The topological polar surface area (TPSA) is 3.24 Å². The second-order valence-electron chi connectivity index (χ2n) is 4.10. The lowest BCUT2D eigenvalue weighted by Gasteiger charge is -2.23. The molecule has 2 unspecified atom stereocenters. The zero-order valence-electron chi connectivity index (χ0n) is 8.67. The number of allylic oxidation sites excluding steroid dienone is 2. The molecular formula is C12H15NS. The second kappa shape index (κ2) is 3.10. The number of likely N-dealkylation sites (tertiary alicyclic amines) is 1. The maximum Gasteiger partial charge on any atom is 0.0587 e. The average Bonchev–Trinajstić information content (AvgIpc) is 2.41. The van der Waals surface area contributed by atoms with Gasteiger partial charge in [0.05, 0.1) is 4.75 Å². The SMILES string of the molecule is C=C1N(C)C2=CCC#CCC2C1(C)S. The number of rotatable bonds is 0. The van der Waals surface area contributed by atoms with Crippen LogP contribution in [0.3, 0.4) is 0 Å². The predicted octanol–water partition coefficient (Wildman–Crippen LogP) is 2.43. The number of hydrogen-bond donors (Lipinski definition) is 1. The lowest BCUT2D eigenvalue weighted by Crippen LogP contribution is -2.24. The van der Waals surface area contributed by atoms with E-state index >= 15 is 0 Å². The quantitative estimate of drug-likeness (QED) is 0.469.